The molecule has 1 amide bonds. The van der Waals surface area contributed by atoms with Gasteiger partial charge in [-0.15, -0.1) is 0 Å². The lowest BCUT2D eigenvalue weighted by Crippen LogP contribution is -2.05. The van der Waals surface area contributed by atoms with E-state index in [1.54, 1.807) is 18.2 Å². The van der Waals surface area contributed by atoms with Crippen LogP contribution in [0.3, 0.4) is 0 Å². The van der Waals surface area contributed by atoms with Crippen LogP contribution in [0.5, 0.6) is 0 Å². The van der Waals surface area contributed by atoms with Crippen molar-refractivity contribution in [2.75, 3.05) is 10.6 Å². The average Bonchev–Trinajstić information content (AvgIpc) is 2.36. The molecule has 2 aromatic carbocycles. The van der Waals surface area contributed by atoms with E-state index in [1.165, 1.54) is 19.1 Å². The fourth-order valence-corrected chi connectivity index (χ4v) is 1.76. The molecule has 3 nitrogen and oxygen atoms in total. The molecule has 2 aromatic rings. The molecule has 19 heavy (non-hydrogen) atoms. The summed E-state index contributed by atoms with van der Waals surface area (Å²) >= 11 is 5.70. The van der Waals surface area contributed by atoms with E-state index >= 15 is 0 Å². The lowest BCUT2D eigenvalue weighted by atomic mass is 10.2. The van der Waals surface area contributed by atoms with Crippen LogP contribution in [-0.2, 0) is 4.79 Å². The van der Waals surface area contributed by atoms with Gasteiger partial charge in [0.2, 0.25) is 5.91 Å². The van der Waals surface area contributed by atoms with Gasteiger partial charge in [-0.3, -0.25) is 4.79 Å². The van der Waals surface area contributed by atoms with E-state index in [9.17, 15) is 9.18 Å². The van der Waals surface area contributed by atoms with Gasteiger partial charge >= 0.3 is 0 Å². The highest BCUT2D eigenvalue weighted by atomic mass is 35.5. The Hall–Kier alpha value is -2.07. The molecule has 0 fully saturated rings. The summed E-state index contributed by atoms with van der Waals surface area (Å²) in [5.41, 5.74) is 2.23. The maximum absolute atomic E-state index is 13.0. The molecule has 0 saturated heterocycles. The van der Waals surface area contributed by atoms with E-state index in [1.807, 2.05) is 12.1 Å². The SMILES string of the molecule is CC(=O)Nc1ccc(Nc2ccc(F)c(Cl)c2)cc1. The minimum atomic E-state index is -0.451. The summed E-state index contributed by atoms with van der Waals surface area (Å²) in [4.78, 5) is 10.9. The monoisotopic (exact) mass is 278 g/mol. The zero-order valence-corrected chi connectivity index (χ0v) is 11.0. The maximum Gasteiger partial charge on any atom is 0.221 e. The Balaban J connectivity index is 2.10. The second-order valence-electron chi connectivity index (χ2n) is 4.01. The summed E-state index contributed by atoms with van der Waals surface area (Å²) in [5, 5.41) is 5.83. The van der Waals surface area contributed by atoms with Crippen molar-refractivity contribution in [3.05, 3.63) is 53.3 Å². The number of carbonyl (C=O) groups is 1. The molecule has 2 N–H and O–H groups in total. The molecule has 0 spiro atoms. The Labute approximate surface area is 115 Å². The van der Waals surface area contributed by atoms with Crippen molar-refractivity contribution >= 4 is 34.6 Å². The van der Waals surface area contributed by atoms with Gasteiger partial charge in [0.1, 0.15) is 5.82 Å². The number of benzene rings is 2. The summed E-state index contributed by atoms with van der Waals surface area (Å²) in [7, 11) is 0. The lowest BCUT2D eigenvalue weighted by Gasteiger charge is -2.08. The highest BCUT2D eigenvalue weighted by molar-refractivity contribution is 6.31. The third kappa shape index (κ3) is 3.69. The van der Waals surface area contributed by atoms with Crippen LogP contribution in [0.4, 0.5) is 21.5 Å². The minimum Gasteiger partial charge on any atom is -0.355 e. The molecule has 0 aliphatic carbocycles. The predicted octanol–water partition coefficient (Wildman–Crippen LogP) is 4.18. The van der Waals surface area contributed by atoms with Gasteiger partial charge in [0.25, 0.3) is 0 Å². The molecule has 0 bridgehead atoms. The third-order valence-corrected chi connectivity index (χ3v) is 2.70. The fraction of sp³-hybridized carbons (Fsp3) is 0.0714. The number of hydrogen-bond donors (Lipinski definition) is 2. The second kappa shape index (κ2) is 5.71. The van der Waals surface area contributed by atoms with Crippen LogP contribution < -0.4 is 10.6 Å². The number of carbonyl (C=O) groups excluding carboxylic acids is 1. The van der Waals surface area contributed by atoms with Crippen LogP contribution >= 0.6 is 11.6 Å². The first-order valence-corrected chi connectivity index (χ1v) is 6.02. The zero-order chi connectivity index (χ0) is 13.8. The quantitative estimate of drug-likeness (QED) is 0.884. The largest absolute Gasteiger partial charge is 0.355 e. The molecule has 0 unspecified atom stereocenters. The van der Waals surface area contributed by atoms with Gasteiger partial charge in [-0.05, 0) is 42.5 Å². The molecule has 0 aromatic heterocycles. The van der Waals surface area contributed by atoms with Crippen LogP contribution in [0, 0.1) is 5.82 Å². The van der Waals surface area contributed by atoms with E-state index in [2.05, 4.69) is 10.6 Å². The van der Waals surface area contributed by atoms with Gasteiger partial charge in [-0.1, -0.05) is 11.6 Å². The summed E-state index contributed by atoms with van der Waals surface area (Å²) in [6.07, 6.45) is 0. The molecule has 5 heteroatoms. The van der Waals surface area contributed by atoms with Crippen molar-refractivity contribution in [1.82, 2.24) is 0 Å². The second-order valence-corrected chi connectivity index (χ2v) is 4.42. The van der Waals surface area contributed by atoms with Crippen molar-refractivity contribution < 1.29 is 9.18 Å². The first-order valence-electron chi connectivity index (χ1n) is 5.64. The molecule has 0 aliphatic heterocycles. The first kappa shape index (κ1) is 13.4. The number of amides is 1. The Kier molecular flexibility index (Phi) is 4.02. The van der Waals surface area contributed by atoms with E-state index in [0.29, 0.717) is 5.69 Å². The van der Waals surface area contributed by atoms with Gasteiger partial charge in [0, 0.05) is 24.0 Å². The number of hydrogen-bond acceptors (Lipinski definition) is 2. The summed E-state index contributed by atoms with van der Waals surface area (Å²) in [6.45, 7) is 1.45. The number of halogens is 2. The first-order chi connectivity index (χ1) is 9.04. The van der Waals surface area contributed by atoms with Gasteiger partial charge in [-0.2, -0.15) is 0 Å². The van der Waals surface area contributed by atoms with Gasteiger partial charge in [-0.25, -0.2) is 4.39 Å². The molecule has 2 rings (SSSR count). The standard InChI is InChI=1S/C14H12ClFN2O/c1-9(19)17-10-2-4-11(5-3-10)18-12-6-7-14(16)13(15)8-12/h2-8,18H,1H3,(H,17,19). The fourth-order valence-electron chi connectivity index (χ4n) is 1.58. The predicted molar refractivity (Wildman–Crippen MR) is 75.4 cm³/mol. The molecular formula is C14H12ClFN2O. The summed E-state index contributed by atoms with van der Waals surface area (Å²) in [6, 6.07) is 11.6. The topological polar surface area (TPSA) is 41.1 Å². The van der Waals surface area contributed by atoms with Crippen molar-refractivity contribution in [3.63, 3.8) is 0 Å². The van der Waals surface area contributed by atoms with Crippen molar-refractivity contribution in [3.8, 4) is 0 Å². The molecular weight excluding hydrogens is 267 g/mol. The summed E-state index contributed by atoms with van der Waals surface area (Å²) < 4.78 is 13.0. The van der Waals surface area contributed by atoms with E-state index in [4.69, 9.17) is 11.6 Å². The van der Waals surface area contributed by atoms with Gasteiger partial charge < -0.3 is 10.6 Å². The van der Waals surface area contributed by atoms with Crippen molar-refractivity contribution in [1.29, 1.82) is 0 Å². The smallest absolute Gasteiger partial charge is 0.221 e. The lowest BCUT2D eigenvalue weighted by molar-refractivity contribution is -0.114. The maximum atomic E-state index is 13.0. The summed E-state index contributed by atoms with van der Waals surface area (Å²) in [5.74, 6) is -0.570. The number of anilines is 3. The van der Waals surface area contributed by atoms with Gasteiger partial charge in [0.05, 0.1) is 5.02 Å². The van der Waals surface area contributed by atoms with Gasteiger partial charge in [0.15, 0.2) is 0 Å². The molecule has 0 aliphatic rings. The van der Waals surface area contributed by atoms with Crippen LogP contribution in [0.15, 0.2) is 42.5 Å². The minimum absolute atomic E-state index is 0.0693. The van der Waals surface area contributed by atoms with Crippen LogP contribution in [0.1, 0.15) is 6.92 Å². The van der Waals surface area contributed by atoms with E-state index in [0.717, 1.165) is 11.4 Å². The van der Waals surface area contributed by atoms with E-state index < -0.39 is 5.82 Å². The normalized spacial score (nSPS) is 10.1. The molecule has 0 radical (unpaired) electrons. The highest BCUT2D eigenvalue weighted by Crippen LogP contribution is 2.23. The zero-order valence-electron chi connectivity index (χ0n) is 10.2. The van der Waals surface area contributed by atoms with Crippen LogP contribution in [0.2, 0.25) is 5.02 Å². The Morgan fingerprint density at radius 1 is 1.05 bits per heavy atom. The van der Waals surface area contributed by atoms with Crippen molar-refractivity contribution in [2.24, 2.45) is 0 Å². The number of rotatable bonds is 3. The Morgan fingerprint density at radius 3 is 2.21 bits per heavy atom. The molecule has 98 valence electrons. The van der Waals surface area contributed by atoms with E-state index in [-0.39, 0.29) is 10.9 Å². The van der Waals surface area contributed by atoms with Crippen LogP contribution in [-0.4, -0.2) is 5.91 Å². The Bertz CT molecular complexity index is 599. The average molecular weight is 279 g/mol. The molecule has 0 atom stereocenters. The Morgan fingerprint density at radius 2 is 1.63 bits per heavy atom. The van der Waals surface area contributed by atoms with Crippen LogP contribution in [0.25, 0.3) is 0 Å². The number of nitrogens with one attached hydrogen (secondary N) is 2. The third-order valence-electron chi connectivity index (χ3n) is 2.41. The van der Waals surface area contributed by atoms with Crippen molar-refractivity contribution in [2.45, 2.75) is 6.92 Å². The molecule has 0 saturated carbocycles. The highest BCUT2D eigenvalue weighted by Gasteiger charge is 2.01. The molecule has 0 heterocycles.